The van der Waals surface area contributed by atoms with Gasteiger partial charge in [-0.3, -0.25) is 0 Å². The van der Waals surface area contributed by atoms with Gasteiger partial charge in [0.05, 0.1) is 6.04 Å². The first-order chi connectivity index (χ1) is 8.08. The summed E-state index contributed by atoms with van der Waals surface area (Å²) < 4.78 is 13.1. The minimum absolute atomic E-state index is 0.0196. The van der Waals surface area contributed by atoms with Crippen molar-refractivity contribution in [2.45, 2.75) is 6.04 Å². The van der Waals surface area contributed by atoms with E-state index in [0.29, 0.717) is 10.6 Å². The smallest absolute Gasteiger partial charge is 0.123 e. The fourth-order valence-electron chi connectivity index (χ4n) is 1.62. The molecule has 0 radical (unpaired) electrons. The van der Waals surface area contributed by atoms with Crippen LogP contribution in [-0.4, -0.2) is 5.11 Å². The first kappa shape index (κ1) is 11.9. The molecule has 0 aromatic heterocycles. The monoisotopic (exact) mass is 251 g/mol. The second kappa shape index (κ2) is 4.73. The summed E-state index contributed by atoms with van der Waals surface area (Å²) >= 11 is 5.77. The molecule has 0 spiro atoms. The highest BCUT2D eigenvalue weighted by Crippen LogP contribution is 2.28. The molecular formula is C13H11ClFNO. The third kappa shape index (κ3) is 2.57. The second-order valence-electron chi connectivity index (χ2n) is 3.73. The second-order valence-corrected chi connectivity index (χ2v) is 4.17. The molecule has 3 N–H and O–H groups in total. The summed E-state index contributed by atoms with van der Waals surface area (Å²) in [5, 5.41) is 10.2. The number of rotatable bonds is 2. The lowest BCUT2D eigenvalue weighted by atomic mass is 9.99. The van der Waals surface area contributed by atoms with Crippen molar-refractivity contribution in [2.24, 2.45) is 5.73 Å². The topological polar surface area (TPSA) is 46.2 Å². The van der Waals surface area contributed by atoms with E-state index in [4.69, 9.17) is 17.3 Å². The first-order valence-electron chi connectivity index (χ1n) is 5.07. The molecular weight excluding hydrogens is 241 g/mol. The van der Waals surface area contributed by atoms with E-state index in [1.54, 1.807) is 24.3 Å². The van der Waals surface area contributed by atoms with Crippen LogP contribution in [0.15, 0.2) is 42.5 Å². The van der Waals surface area contributed by atoms with Crippen molar-refractivity contribution in [1.29, 1.82) is 0 Å². The molecule has 0 heterocycles. The van der Waals surface area contributed by atoms with Crippen LogP contribution < -0.4 is 5.73 Å². The van der Waals surface area contributed by atoms with Crippen molar-refractivity contribution in [2.75, 3.05) is 0 Å². The Bertz CT molecular complexity index is 527. The molecule has 2 rings (SSSR count). The van der Waals surface area contributed by atoms with Crippen molar-refractivity contribution in [3.8, 4) is 5.75 Å². The predicted molar refractivity (Wildman–Crippen MR) is 65.5 cm³/mol. The predicted octanol–water partition coefficient (Wildman–Crippen LogP) is 3.23. The quantitative estimate of drug-likeness (QED) is 0.861. The average molecular weight is 252 g/mol. The van der Waals surface area contributed by atoms with Crippen molar-refractivity contribution < 1.29 is 9.50 Å². The fraction of sp³-hybridized carbons (Fsp3) is 0.0769. The van der Waals surface area contributed by atoms with Crippen molar-refractivity contribution in [3.05, 3.63) is 64.4 Å². The van der Waals surface area contributed by atoms with Gasteiger partial charge in [0.1, 0.15) is 11.6 Å². The highest BCUT2D eigenvalue weighted by molar-refractivity contribution is 6.30. The van der Waals surface area contributed by atoms with Crippen LogP contribution in [0.2, 0.25) is 5.02 Å². The lowest BCUT2D eigenvalue weighted by molar-refractivity contribution is 0.462. The molecule has 0 fully saturated rings. The maximum atomic E-state index is 13.1. The average Bonchev–Trinajstić information content (AvgIpc) is 2.32. The molecule has 0 saturated heterocycles. The Balaban J connectivity index is 2.39. The molecule has 0 aliphatic heterocycles. The molecule has 2 nitrogen and oxygen atoms in total. The summed E-state index contributed by atoms with van der Waals surface area (Å²) in [6.07, 6.45) is 0. The Labute approximate surface area is 103 Å². The van der Waals surface area contributed by atoms with Gasteiger partial charge in [-0.1, -0.05) is 23.7 Å². The van der Waals surface area contributed by atoms with Gasteiger partial charge >= 0.3 is 0 Å². The lowest BCUT2D eigenvalue weighted by Gasteiger charge is -2.14. The number of nitrogens with two attached hydrogens (primary N) is 1. The zero-order valence-corrected chi connectivity index (χ0v) is 9.66. The summed E-state index contributed by atoms with van der Waals surface area (Å²) in [6.45, 7) is 0. The Morgan fingerprint density at radius 3 is 2.41 bits per heavy atom. The minimum Gasteiger partial charge on any atom is -0.508 e. The Morgan fingerprint density at radius 1 is 1.12 bits per heavy atom. The van der Waals surface area contributed by atoms with Gasteiger partial charge in [-0.05, 0) is 35.9 Å². The van der Waals surface area contributed by atoms with E-state index in [9.17, 15) is 9.50 Å². The van der Waals surface area contributed by atoms with E-state index >= 15 is 0 Å². The number of hydrogen-bond acceptors (Lipinski definition) is 2. The summed E-state index contributed by atoms with van der Waals surface area (Å²) in [6, 6.07) is 10.0. The molecule has 1 atom stereocenters. The third-order valence-corrected chi connectivity index (χ3v) is 2.81. The van der Waals surface area contributed by atoms with Crippen LogP contribution >= 0.6 is 11.6 Å². The summed E-state index contributed by atoms with van der Waals surface area (Å²) in [7, 11) is 0. The summed E-state index contributed by atoms with van der Waals surface area (Å²) in [5.41, 5.74) is 7.08. The molecule has 0 aliphatic rings. The van der Waals surface area contributed by atoms with E-state index in [0.717, 1.165) is 5.56 Å². The number of halogens is 2. The largest absolute Gasteiger partial charge is 0.508 e. The van der Waals surface area contributed by atoms with Crippen LogP contribution in [0.25, 0.3) is 0 Å². The maximum Gasteiger partial charge on any atom is 0.123 e. The van der Waals surface area contributed by atoms with Gasteiger partial charge in [-0.15, -0.1) is 0 Å². The molecule has 4 heteroatoms. The van der Waals surface area contributed by atoms with Gasteiger partial charge in [0, 0.05) is 10.6 Å². The molecule has 0 bridgehead atoms. The van der Waals surface area contributed by atoms with Crippen molar-refractivity contribution >= 4 is 11.6 Å². The maximum absolute atomic E-state index is 13.1. The zero-order chi connectivity index (χ0) is 12.4. The molecule has 0 aliphatic carbocycles. The molecule has 0 saturated carbocycles. The first-order valence-corrected chi connectivity index (χ1v) is 5.45. The summed E-state index contributed by atoms with van der Waals surface area (Å²) in [4.78, 5) is 0. The van der Waals surface area contributed by atoms with E-state index in [-0.39, 0.29) is 5.75 Å². The molecule has 17 heavy (non-hydrogen) atoms. The molecule has 1 unspecified atom stereocenters. The van der Waals surface area contributed by atoms with Gasteiger partial charge in [-0.2, -0.15) is 0 Å². The highest BCUT2D eigenvalue weighted by atomic mass is 35.5. The summed E-state index contributed by atoms with van der Waals surface area (Å²) in [5.74, 6) is -0.448. The Kier molecular flexibility index (Phi) is 3.31. The Hall–Kier alpha value is -1.58. The fourth-order valence-corrected chi connectivity index (χ4v) is 1.75. The zero-order valence-electron chi connectivity index (χ0n) is 8.90. The van der Waals surface area contributed by atoms with Gasteiger partial charge in [0.15, 0.2) is 0 Å². The number of phenols is 1. The van der Waals surface area contributed by atoms with Gasteiger partial charge in [-0.25, -0.2) is 4.39 Å². The lowest BCUT2D eigenvalue weighted by Crippen LogP contribution is -2.12. The molecule has 88 valence electrons. The highest BCUT2D eigenvalue weighted by Gasteiger charge is 2.13. The number of hydrogen-bond donors (Lipinski definition) is 2. The molecule has 0 amide bonds. The van der Waals surface area contributed by atoms with Crippen LogP contribution in [0, 0.1) is 5.82 Å². The normalized spacial score (nSPS) is 12.4. The van der Waals surface area contributed by atoms with Crippen molar-refractivity contribution in [3.63, 3.8) is 0 Å². The van der Waals surface area contributed by atoms with Crippen LogP contribution in [0.5, 0.6) is 5.75 Å². The van der Waals surface area contributed by atoms with Crippen molar-refractivity contribution in [1.82, 2.24) is 0 Å². The number of aromatic hydroxyl groups is 1. The van der Waals surface area contributed by atoms with Crippen LogP contribution in [0.4, 0.5) is 4.39 Å². The van der Waals surface area contributed by atoms with Gasteiger partial charge < -0.3 is 10.8 Å². The number of benzene rings is 2. The standard InChI is InChI=1S/C13H11ClFNO/c14-9-3-1-8(2-4-9)13(16)11-7-10(15)5-6-12(11)17/h1-7,13,17H,16H2. The van der Waals surface area contributed by atoms with E-state index in [1.807, 2.05) is 0 Å². The van der Waals surface area contributed by atoms with Gasteiger partial charge in [0.25, 0.3) is 0 Å². The SMILES string of the molecule is NC(c1ccc(Cl)cc1)c1cc(F)ccc1O. The van der Waals surface area contributed by atoms with E-state index in [2.05, 4.69) is 0 Å². The third-order valence-electron chi connectivity index (χ3n) is 2.55. The molecule has 2 aromatic rings. The van der Waals surface area contributed by atoms with E-state index < -0.39 is 11.9 Å². The Morgan fingerprint density at radius 2 is 1.76 bits per heavy atom. The minimum atomic E-state index is -0.581. The van der Waals surface area contributed by atoms with Gasteiger partial charge in [0.2, 0.25) is 0 Å². The van der Waals surface area contributed by atoms with E-state index in [1.165, 1.54) is 18.2 Å². The van der Waals surface area contributed by atoms with Crippen LogP contribution in [-0.2, 0) is 0 Å². The number of phenolic OH excluding ortho intramolecular Hbond substituents is 1. The van der Waals surface area contributed by atoms with Crippen LogP contribution in [0.3, 0.4) is 0 Å². The molecule has 2 aromatic carbocycles. The van der Waals surface area contributed by atoms with Crippen LogP contribution in [0.1, 0.15) is 17.2 Å².